The SMILES string of the molecule is CC(=O)Nc1ccc(NC(=O)C(C)n2nnc3sc4c(c3c2=O)CCC(C)C4)cc1. The van der Waals surface area contributed by atoms with Crippen LogP contribution in [0.1, 0.15) is 43.7 Å². The van der Waals surface area contributed by atoms with Crippen molar-refractivity contribution in [1.82, 2.24) is 15.0 Å². The Balaban J connectivity index is 1.57. The Bertz CT molecular complexity index is 1180. The normalized spacial score (nSPS) is 16.7. The minimum atomic E-state index is -0.817. The molecule has 0 radical (unpaired) electrons. The number of amides is 2. The molecule has 4 rings (SSSR count). The highest BCUT2D eigenvalue weighted by atomic mass is 32.1. The molecule has 1 aromatic carbocycles. The molecule has 0 fully saturated rings. The average molecular weight is 426 g/mol. The van der Waals surface area contributed by atoms with Gasteiger partial charge < -0.3 is 10.6 Å². The van der Waals surface area contributed by atoms with E-state index in [1.807, 2.05) is 0 Å². The van der Waals surface area contributed by atoms with Gasteiger partial charge in [-0.3, -0.25) is 14.4 Å². The molecule has 156 valence electrons. The fourth-order valence-corrected chi connectivity index (χ4v) is 5.04. The largest absolute Gasteiger partial charge is 0.326 e. The van der Waals surface area contributed by atoms with Crippen molar-refractivity contribution in [3.8, 4) is 0 Å². The van der Waals surface area contributed by atoms with Crippen molar-refractivity contribution in [3.05, 3.63) is 45.1 Å². The molecule has 8 nitrogen and oxygen atoms in total. The van der Waals surface area contributed by atoms with Crippen molar-refractivity contribution in [2.45, 2.75) is 46.1 Å². The van der Waals surface area contributed by atoms with Crippen LogP contribution in [0, 0.1) is 5.92 Å². The molecule has 30 heavy (non-hydrogen) atoms. The number of aryl methyl sites for hydroxylation is 1. The standard InChI is InChI=1S/C21H23N5O3S/c1-11-4-9-16-17(10-11)30-20-18(16)21(29)26(25-24-20)12(2)19(28)23-15-7-5-14(6-8-15)22-13(3)27/h5-8,11-12H,4,9-10H2,1-3H3,(H,22,27)(H,23,28). The first-order valence-corrected chi connectivity index (χ1v) is 10.7. The minimum absolute atomic E-state index is 0.168. The van der Waals surface area contributed by atoms with Crippen LogP contribution < -0.4 is 16.2 Å². The summed E-state index contributed by atoms with van der Waals surface area (Å²) in [6, 6.07) is 5.94. The summed E-state index contributed by atoms with van der Waals surface area (Å²) in [7, 11) is 0. The van der Waals surface area contributed by atoms with E-state index >= 15 is 0 Å². The number of benzene rings is 1. The lowest BCUT2D eigenvalue weighted by molar-refractivity contribution is -0.119. The predicted molar refractivity (Wildman–Crippen MR) is 117 cm³/mol. The van der Waals surface area contributed by atoms with Crippen molar-refractivity contribution in [2.24, 2.45) is 5.92 Å². The number of hydrogen-bond donors (Lipinski definition) is 2. The fourth-order valence-electron chi connectivity index (χ4n) is 3.72. The van der Waals surface area contributed by atoms with Crippen LogP contribution in [-0.2, 0) is 22.4 Å². The second-order valence-corrected chi connectivity index (χ2v) is 8.88. The molecule has 0 saturated heterocycles. The Hall–Kier alpha value is -3.07. The molecule has 1 aliphatic carbocycles. The molecular formula is C21H23N5O3S. The summed E-state index contributed by atoms with van der Waals surface area (Å²) in [4.78, 5) is 38.8. The van der Waals surface area contributed by atoms with E-state index in [9.17, 15) is 14.4 Å². The predicted octanol–water partition coefficient (Wildman–Crippen LogP) is 3.14. The third kappa shape index (κ3) is 3.85. The third-order valence-corrected chi connectivity index (χ3v) is 6.50. The van der Waals surface area contributed by atoms with Gasteiger partial charge in [0.2, 0.25) is 11.8 Å². The first-order valence-electron chi connectivity index (χ1n) is 9.91. The monoisotopic (exact) mass is 425 g/mol. The van der Waals surface area contributed by atoms with Gasteiger partial charge >= 0.3 is 0 Å². The van der Waals surface area contributed by atoms with Crippen LogP contribution in [-0.4, -0.2) is 26.8 Å². The molecule has 2 amide bonds. The molecule has 3 aromatic rings. The van der Waals surface area contributed by atoms with Gasteiger partial charge in [0.05, 0.1) is 5.39 Å². The highest BCUT2D eigenvalue weighted by Gasteiger charge is 2.26. The summed E-state index contributed by atoms with van der Waals surface area (Å²) in [5.41, 5.74) is 2.00. The van der Waals surface area contributed by atoms with E-state index < -0.39 is 6.04 Å². The third-order valence-electron chi connectivity index (χ3n) is 5.37. The first kappa shape index (κ1) is 20.2. The van der Waals surface area contributed by atoms with Gasteiger partial charge in [-0.1, -0.05) is 12.1 Å². The maximum absolute atomic E-state index is 13.1. The number of fused-ring (bicyclic) bond motifs is 3. The zero-order valence-corrected chi connectivity index (χ0v) is 17.9. The summed E-state index contributed by atoms with van der Waals surface area (Å²) in [6.07, 6.45) is 2.87. The van der Waals surface area contributed by atoms with Crippen LogP contribution in [0.2, 0.25) is 0 Å². The Morgan fingerprint density at radius 2 is 1.87 bits per heavy atom. The van der Waals surface area contributed by atoms with Gasteiger partial charge in [-0.05, 0) is 61.9 Å². The number of nitrogens with one attached hydrogen (secondary N) is 2. The van der Waals surface area contributed by atoms with Crippen LogP contribution >= 0.6 is 11.3 Å². The molecule has 0 saturated carbocycles. The number of hydrogen-bond acceptors (Lipinski definition) is 6. The molecule has 0 bridgehead atoms. The second kappa shape index (κ2) is 7.98. The van der Waals surface area contributed by atoms with E-state index in [0.29, 0.717) is 27.5 Å². The van der Waals surface area contributed by atoms with E-state index in [2.05, 4.69) is 27.9 Å². The van der Waals surface area contributed by atoms with Crippen molar-refractivity contribution >= 4 is 44.7 Å². The lowest BCUT2D eigenvalue weighted by Gasteiger charge is -2.17. The Labute approximate surface area is 177 Å². The summed E-state index contributed by atoms with van der Waals surface area (Å²) in [5, 5.41) is 14.3. The lowest BCUT2D eigenvalue weighted by Crippen LogP contribution is -2.34. The summed E-state index contributed by atoms with van der Waals surface area (Å²) >= 11 is 1.54. The first-order chi connectivity index (χ1) is 14.3. The quantitative estimate of drug-likeness (QED) is 0.668. The van der Waals surface area contributed by atoms with Crippen molar-refractivity contribution in [1.29, 1.82) is 0 Å². The summed E-state index contributed by atoms with van der Waals surface area (Å²) in [5.74, 6) is 0.0667. The number of anilines is 2. The van der Waals surface area contributed by atoms with E-state index in [4.69, 9.17) is 0 Å². The average Bonchev–Trinajstić information content (AvgIpc) is 3.07. The van der Waals surface area contributed by atoms with Crippen LogP contribution in [0.5, 0.6) is 0 Å². The number of nitrogens with zero attached hydrogens (tertiary/aromatic N) is 3. The van der Waals surface area contributed by atoms with Crippen LogP contribution in [0.3, 0.4) is 0 Å². The number of thiophene rings is 1. The maximum Gasteiger partial charge on any atom is 0.279 e. The van der Waals surface area contributed by atoms with Crippen molar-refractivity contribution < 1.29 is 9.59 Å². The van der Waals surface area contributed by atoms with E-state index in [0.717, 1.165) is 29.5 Å². The maximum atomic E-state index is 13.1. The number of carbonyl (C=O) groups excluding carboxylic acids is 2. The lowest BCUT2D eigenvalue weighted by atomic mass is 9.89. The van der Waals surface area contributed by atoms with Gasteiger partial charge in [0.1, 0.15) is 6.04 Å². The molecule has 2 heterocycles. The van der Waals surface area contributed by atoms with Crippen molar-refractivity contribution in [2.75, 3.05) is 10.6 Å². The number of rotatable bonds is 4. The highest BCUT2D eigenvalue weighted by Crippen LogP contribution is 2.35. The fraction of sp³-hybridized carbons (Fsp3) is 0.381. The van der Waals surface area contributed by atoms with Gasteiger partial charge in [0, 0.05) is 23.2 Å². The Morgan fingerprint density at radius 1 is 1.20 bits per heavy atom. The van der Waals surface area contributed by atoms with Gasteiger partial charge in [0.15, 0.2) is 4.83 Å². The van der Waals surface area contributed by atoms with Crippen LogP contribution in [0.15, 0.2) is 29.1 Å². The topological polar surface area (TPSA) is 106 Å². The summed E-state index contributed by atoms with van der Waals surface area (Å²) < 4.78 is 1.16. The second-order valence-electron chi connectivity index (χ2n) is 7.79. The summed E-state index contributed by atoms with van der Waals surface area (Å²) in [6.45, 7) is 5.27. The van der Waals surface area contributed by atoms with E-state index in [1.54, 1.807) is 31.2 Å². The molecule has 2 unspecified atom stereocenters. The van der Waals surface area contributed by atoms with Crippen LogP contribution in [0.25, 0.3) is 10.2 Å². The van der Waals surface area contributed by atoms with Gasteiger partial charge in [-0.25, -0.2) is 0 Å². The minimum Gasteiger partial charge on any atom is -0.326 e. The van der Waals surface area contributed by atoms with Gasteiger partial charge in [0.25, 0.3) is 5.56 Å². The zero-order valence-electron chi connectivity index (χ0n) is 17.1. The Kier molecular flexibility index (Phi) is 5.38. The van der Waals surface area contributed by atoms with E-state index in [1.165, 1.54) is 23.1 Å². The smallest absolute Gasteiger partial charge is 0.279 e. The van der Waals surface area contributed by atoms with Crippen LogP contribution in [0.4, 0.5) is 11.4 Å². The van der Waals surface area contributed by atoms with Gasteiger partial charge in [-0.15, -0.1) is 16.4 Å². The number of aromatic nitrogens is 3. The molecule has 2 atom stereocenters. The van der Waals surface area contributed by atoms with Crippen molar-refractivity contribution in [3.63, 3.8) is 0 Å². The zero-order chi connectivity index (χ0) is 21.4. The molecule has 0 aliphatic heterocycles. The molecule has 0 spiro atoms. The highest BCUT2D eigenvalue weighted by molar-refractivity contribution is 7.18. The molecule has 9 heteroatoms. The molecule has 2 aromatic heterocycles. The van der Waals surface area contributed by atoms with E-state index in [-0.39, 0.29) is 17.4 Å². The molecule has 2 N–H and O–H groups in total. The molecular weight excluding hydrogens is 402 g/mol. The Morgan fingerprint density at radius 3 is 2.53 bits per heavy atom. The molecule has 1 aliphatic rings. The number of carbonyl (C=O) groups is 2. The van der Waals surface area contributed by atoms with Gasteiger partial charge in [-0.2, -0.15) is 4.68 Å².